The van der Waals surface area contributed by atoms with E-state index in [0.29, 0.717) is 12.0 Å². The lowest BCUT2D eigenvalue weighted by Gasteiger charge is -2.06. The SMILES string of the molecule is Cc1cc2c(cc1Br)CC(C(=O)/C(C#N)=C/N(C)C)=C2. The molecule has 102 valence electrons. The normalized spacial score (nSPS) is 13.6. The van der Waals surface area contributed by atoms with Gasteiger partial charge in [0.1, 0.15) is 11.6 Å². The molecule has 0 N–H and O–H groups in total. The van der Waals surface area contributed by atoms with Gasteiger partial charge in [-0.25, -0.2) is 0 Å². The molecule has 1 aliphatic rings. The Bertz CT molecular complexity index is 678. The Balaban J connectivity index is 2.32. The number of Topliss-reactive ketones (excluding diaryl/α,β-unsaturated/α-hetero) is 1. The molecule has 0 aliphatic heterocycles. The molecule has 0 radical (unpaired) electrons. The number of aryl methyl sites for hydroxylation is 1. The zero-order valence-electron chi connectivity index (χ0n) is 11.7. The van der Waals surface area contributed by atoms with E-state index in [1.54, 1.807) is 25.2 Å². The minimum Gasteiger partial charge on any atom is -0.382 e. The summed E-state index contributed by atoms with van der Waals surface area (Å²) in [5.74, 6) is -0.189. The molecule has 0 aromatic heterocycles. The smallest absolute Gasteiger partial charge is 0.201 e. The number of ketones is 1. The summed E-state index contributed by atoms with van der Waals surface area (Å²) in [5.41, 5.74) is 4.17. The largest absolute Gasteiger partial charge is 0.382 e. The maximum atomic E-state index is 12.4. The van der Waals surface area contributed by atoms with Crippen LogP contribution >= 0.6 is 15.9 Å². The second-order valence-electron chi connectivity index (χ2n) is 5.09. The third-order valence-electron chi connectivity index (χ3n) is 3.18. The van der Waals surface area contributed by atoms with E-state index in [4.69, 9.17) is 5.26 Å². The Morgan fingerprint density at radius 1 is 1.45 bits per heavy atom. The first-order chi connectivity index (χ1) is 9.42. The topological polar surface area (TPSA) is 44.1 Å². The van der Waals surface area contributed by atoms with Crippen LogP contribution < -0.4 is 0 Å². The number of hydrogen-bond acceptors (Lipinski definition) is 3. The number of fused-ring (bicyclic) bond motifs is 1. The second kappa shape index (κ2) is 5.64. The van der Waals surface area contributed by atoms with Crippen LogP contribution in [0.15, 0.2) is 34.0 Å². The van der Waals surface area contributed by atoms with E-state index in [9.17, 15) is 4.79 Å². The Morgan fingerprint density at radius 3 is 2.75 bits per heavy atom. The minimum atomic E-state index is -0.189. The number of allylic oxidation sites excluding steroid dienone is 2. The van der Waals surface area contributed by atoms with Crippen LogP contribution in [0.1, 0.15) is 16.7 Å². The van der Waals surface area contributed by atoms with E-state index in [0.717, 1.165) is 21.2 Å². The first-order valence-corrected chi connectivity index (χ1v) is 7.04. The molecule has 0 bridgehead atoms. The Kier molecular flexibility index (Phi) is 4.10. The van der Waals surface area contributed by atoms with Gasteiger partial charge in [0.15, 0.2) is 0 Å². The number of halogens is 1. The van der Waals surface area contributed by atoms with Crippen LogP contribution in [-0.4, -0.2) is 24.8 Å². The van der Waals surface area contributed by atoms with Gasteiger partial charge in [-0.15, -0.1) is 0 Å². The standard InChI is InChI=1S/C16H15BrN2O/c1-10-4-11-5-13(6-12(11)7-15(10)17)16(20)14(8-18)9-19(2)3/h4-5,7,9H,6H2,1-3H3/b14-9+. The molecule has 3 nitrogen and oxygen atoms in total. The van der Waals surface area contributed by atoms with Crippen molar-refractivity contribution in [1.29, 1.82) is 5.26 Å². The maximum Gasteiger partial charge on any atom is 0.201 e. The van der Waals surface area contributed by atoms with Crippen molar-refractivity contribution in [2.45, 2.75) is 13.3 Å². The van der Waals surface area contributed by atoms with E-state index < -0.39 is 0 Å². The number of nitriles is 1. The van der Waals surface area contributed by atoms with E-state index in [-0.39, 0.29) is 11.4 Å². The molecule has 1 aromatic rings. The van der Waals surface area contributed by atoms with Crippen LogP contribution in [-0.2, 0) is 11.2 Å². The second-order valence-corrected chi connectivity index (χ2v) is 5.95. The zero-order chi connectivity index (χ0) is 14.9. The monoisotopic (exact) mass is 330 g/mol. The highest BCUT2D eigenvalue weighted by molar-refractivity contribution is 9.10. The Labute approximate surface area is 127 Å². The van der Waals surface area contributed by atoms with Crippen LogP contribution in [0.4, 0.5) is 0 Å². The molecule has 0 fully saturated rings. The predicted octanol–water partition coefficient (Wildman–Crippen LogP) is 3.24. The fourth-order valence-electron chi connectivity index (χ4n) is 2.19. The summed E-state index contributed by atoms with van der Waals surface area (Å²) in [4.78, 5) is 14.1. The lowest BCUT2D eigenvalue weighted by molar-refractivity contribution is -0.111. The van der Waals surface area contributed by atoms with E-state index >= 15 is 0 Å². The fraction of sp³-hybridized carbons (Fsp3) is 0.250. The van der Waals surface area contributed by atoms with E-state index in [1.807, 2.05) is 25.1 Å². The average Bonchev–Trinajstić information content (AvgIpc) is 2.78. The molecule has 0 amide bonds. The highest BCUT2D eigenvalue weighted by Gasteiger charge is 2.22. The Hall–Kier alpha value is -1.86. The van der Waals surface area contributed by atoms with Crippen molar-refractivity contribution in [2.24, 2.45) is 0 Å². The predicted molar refractivity (Wildman–Crippen MR) is 83.0 cm³/mol. The quantitative estimate of drug-likeness (QED) is 0.631. The van der Waals surface area contributed by atoms with Gasteiger partial charge in [-0.05, 0) is 35.8 Å². The zero-order valence-corrected chi connectivity index (χ0v) is 13.3. The van der Waals surface area contributed by atoms with Gasteiger partial charge in [-0.2, -0.15) is 5.26 Å². The summed E-state index contributed by atoms with van der Waals surface area (Å²) >= 11 is 3.50. The van der Waals surface area contributed by atoms with Crippen LogP contribution in [0, 0.1) is 18.3 Å². The fourth-order valence-corrected chi connectivity index (χ4v) is 2.58. The number of carbonyl (C=O) groups is 1. The number of rotatable bonds is 3. The summed E-state index contributed by atoms with van der Waals surface area (Å²) in [7, 11) is 3.59. The molecule has 0 spiro atoms. The highest BCUT2D eigenvalue weighted by atomic mass is 79.9. The molecule has 0 saturated heterocycles. The number of benzene rings is 1. The average molecular weight is 331 g/mol. The van der Waals surface area contributed by atoms with Gasteiger partial charge in [-0.1, -0.05) is 22.0 Å². The van der Waals surface area contributed by atoms with Crippen molar-refractivity contribution in [3.63, 3.8) is 0 Å². The molecule has 0 atom stereocenters. The highest BCUT2D eigenvalue weighted by Crippen LogP contribution is 2.31. The molecule has 1 aromatic carbocycles. The van der Waals surface area contributed by atoms with Gasteiger partial charge >= 0.3 is 0 Å². The summed E-state index contributed by atoms with van der Waals surface area (Å²) in [5, 5.41) is 9.11. The van der Waals surface area contributed by atoms with Gasteiger partial charge in [-0.3, -0.25) is 4.79 Å². The first-order valence-electron chi connectivity index (χ1n) is 6.25. The minimum absolute atomic E-state index is 0.171. The molecule has 20 heavy (non-hydrogen) atoms. The van der Waals surface area contributed by atoms with Crippen molar-refractivity contribution < 1.29 is 4.79 Å². The third-order valence-corrected chi connectivity index (χ3v) is 4.03. The molecule has 0 heterocycles. The number of nitrogens with zero attached hydrogens (tertiary/aromatic N) is 2. The third kappa shape index (κ3) is 2.83. The molecule has 2 rings (SSSR count). The molecular weight excluding hydrogens is 316 g/mol. The molecule has 4 heteroatoms. The van der Waals surface area contributed by atoms with E-state index in [2.05, 4.69) is 22.0 Å². The van der Waals surface area contributed by atoms with Crippen molar-refractivity contribution in [1.82, 2.24) is 4.90 Å². The van der Waals surface area contributed by atoms with Crippen molar-refractivity contribution in [3.8, 4) is 6.07 Å². The summed E-state index contributed by atoms with van der Waals surface area (Å²) in [6.45, 7) is 2.02. The van der Waals surface area contributed by atoms with Gasteiger partial charge in [0.2, 0.25) is 5.78 Å². The van der Waals surface area contributed by atoms with Gasteiger partial charge < -0.3 is 4.90 Å². The number of carbonyl (C=O) groups excluding carboxylic acids is 1. The van der Waals surface area contributed by atoms with Crippen LogP contribution in [0.3, 0.4) is 0 Å². The van der Waals surface area contributed by atoms with Crippen LogP contribution in [0.2, 0.25) is 0 Å². The Morgan fingerprint density at radius 2 is 2.15 bits per heavy atom. The number of hydrogen-bond donors (Lipinski definition) is 0. The molecule has 0 unspecified atom stereocenters. The molecule has 1 aliphatic carbocycles. The maximum absolute atomic E-state index is 12.4. The van der Waals surface area contributed by atoms with Gasteiger partial charge in [0.25, 0.3) is 0 Å². The van der Waals surface area contributed by atoms with Gasteiger partial charge in [0.05, 0.1) is 0 Å². The molecular formula is C16H15BrN2O. The molecule has 0 saturated carbocycles. The first kappa shape index (κ1) is 14.5. The van der Waals surface area contributed by atoms with Crippen LogP contribution in [0.25, 0.3) is 6.08 Å². The van der Waals surface area contributed by atoms with E-state index in [1.165, 1.54) is 0 Å². The van der Waals surface area contributed by atoms with Crippen molar-refractivity contribution in [3.05, 3.63) is 50.6 Å². The lowest BCUT2D eigenvalue weighted by atomic mass is 10.0. The van der Waals surface area contributed by atoms with Crippen molar-refractivity contribution in [2.75, 3.05) is 14.1 Å². The summed E-state index contributed by atoms with van der Waals surface area (Å²) < 4.78 is 1.04. The van der Waals surface area contributed by atoms with Crippen LogP contribution in [0.5, 0.6) is 0 Å². The lowest BCUT2D eigenvalue weighted by Crippen LogP contribution is -2.10. The van der Waals surface area contributed by atoms with Gasteiger partial charge in [0, 0.05) is 36.8 Å². The van der Waals surface area contributed by atoms with Crippen molar-refractivity contribution >= 4 is 27.8 Å². The summed E-state index contributed by atoms with van der Waals surface area (Å²) in [6, 6.07) is 6.08. The summed E-state index contributed by atoms with van der Waals surface area (Å²) in [6.07, 6.45) is 4.03.